The number of rotatable bonds is 7. The van der Waals surface area contributed by atoms with Crippen molar-refractivity contribution < 1.29 is 17.9 Å². The van der Waals surface area contributed by atoms with Crippen molar-refractivity contribution in [3.05, 3.63) is 36.0 Å². The molecule has 9 heteroatoms. The summed E-state index contributed by atoms with van der Waals surface area (Å²) in [6, 6.07) is 7.23. The zero-order valence-corrected chi connectivity index (χ0v) is 13.6. The topological polar surface area (TPSA) is 113 Å². The molecular formula is C14H18N4O4S. The molecule has 1 aromatic carbocycles. The number of hydrogen-bond donors (Lipinski definition) is 3. The number of aromatic nitrogens is 2. The first-order chi connectivity index (χ1) is 10.9. The monoisotopic (exact) mass is 338 g/mol. The lowest BCUT2D eigenvalue weighted by molar-refractivity contribution is 0.0955. The number of benzene rings is 1. The van der Waals surface area contributed by atoms with Gasteiger partial charge in [-0.05, 0) is 12.1 Å². The first-order valence-corrected chi connectivity index (χ1v) is 8.70. The lowest BCUT2D eigenvalue weighted by Crippen LogP contribution is -2.34. The van der Waals surface area contributed by atoms with Gasteiger partial charge < -0.3 is 10.1 Å². The Hall–Kier alpha value is -2.39. The molecule has 3 N–H and O–H groups in total. The summed E-state index contributed by atoms with van der Waals surface area (Å²) in [5, 5.41) is 9.33. The van der Waals surface area contributed by atoms with Crippen molar-refractivity contribution in [2.45, 2.75) is 0 Å². The lowest BCUT2D eigenvalue weighted by atomic mass is 10.1. The van der Waals surface area contributed by atoms with Crippen LogP contribution in [-0.2, 0) is 10.0 Å². The van der Waals surface area contributed by atoms with Gasteiger partial charge >= 0.3 is 0 Å². The smallest absolute Gasteiger partial charge is 0.255 e. The van der Waals surface area contributed by atoms with E-state index in [0.717, 1.165) is 11.8 Å². The van der Waals surface area contributed by atoms with Gasteiger partial charge in [0.15, 0.2) is 0 Å². The Morgan fingerprint density at radius 2 is 2.13 bits per heavy atom. The Labute approximate surface area is 134 Å². The molecule has 2 rings (SSSR count). The number of H-pyrrole nitrogens is 1. The highest BCUT2D eigenvalue weighted by atomic mass is 32.2. The Bertz CT molecular complexity index is 786. The van der Waals surface area contributed by atoms with Crippen molar-refractivity contribution in [1.82, 2.24) is 20.2 Å². The molecule has 0 spiro atoms. The number of nitrogens with zero attached hydrogens (tertiary/aromatic N) is 1. The highest BCUT2D eigenvalue weighted by molar-refractivity contribution is 7.88. The zero-order chi connectivity index (χ0) is 16.9. The minimum atomic E-state index is -3.27. The second-order valence-corrected chi connectivity index (χ2v) is 6.65. The predicted octanol–water partition coefficient (Wildman–Crippen LogP) is 0.364. The van der Waals surface area contributed by atoms with Gasteiger partial charge in [0.1, 0.15) is 5.75 Å². The quantitative estimate of drug-likeness (QED) is 0.631. The summed E-state index contributed by atoms with van der Waals surface area (Å²) in [5.41, 5.74) is 1.70. The van der Waals surface area contributed by atoms with Crippen molar-refractivity contribution >= 4 is 15.9 Å². The third-order valence-corrected chi connectivity index (χ3v) is 3.75. The Morgan fingerprint density at radius 3 is 2.83 bits per heavy atom. The van der Waals surface area contributed by atoms with E-state index in [1.165, 1.54) is 6.20 Å². The molecule has 0 bridgehead atoms. The number of nitrogens with one attached hydrogen (secondary N) is 3. The van der Waals surface area contributed by atoms with Crippen LogP contribution in [0.3, 0.4) is 0 Å². The highest BCUT2D eigenvalue weighted by Crippen LogP contribution is 2.24. The average molecular weight is 338 g/mol. The predicted molar refractivity (Wildman–Crippen MR) is 85.8 cm³/mol. The third-order valence-electron chi connectivity index (χ3n) is 3.02. The van der Waals surface area contributed by atoms with Gasteiger partial charge in [-0.3, -0.25) is 9.89 Å². The summed E-state index contributed by atoms with van der Waals surface area (Å²) >= 11 is 0. The van der Waals surface area contributed by atoms with E-state index in [-0.39, 0.29) is 19.0 Å². The van der Waals surface area contributed by atoms with Gasteiger partial charge in [-0.2, -0.15) is 5.10 Å². The molecule has 2 aromatic rings. The van der Waals surface area contributed by atoms with E-state index in [4.69, 9.17) is 4.74 Å². The van der Waals surface area contributed by atoms with Gasteiger partial charge in [-0.1, -0.05) is 12.1 Å². The van der Waals surface area contributed by atoms with Crippen molar-refractivity contribution in [1.29, 1.82) is 0 Å². The number of aromatic amines is 1. The van der Waals surface area contributed by atoms with Gasteiger partial charge in [0.05, 0.1) is 30.8 Å². The number of amides is 1. The second kappa shape index (κ2) is 7.25. The van der Waals surface area contributed by atoms with Crippen LogP contribution in [-0.4, -0.2) is 51.0 Å². The van der Waals surface area contributed by atoms with E-state index < -0.39 is 10.0 Å². The average Bonchev–Trinajstić information content (AvgIpc) is 3.00. The fraction of sp³-hybridized carbons (Fsp3) is 0.286. The summed E-state index contributed by atoms with van der Waals surface area (Å²) in [4.78, 5) is 12.2. The summed E-state index contributed by atoms with van der Waals surface area (Å²) in [6.45, 7) is 0.297. The summed E-state index contributed by atoms with van der Waals surface area (Å²) < 4.78 is 29.4. The lowest BCUT2D eigenvalue weighted by Gasteiger charge is -2.07. The minimum absolute atomic E-state index is 0.122. The molecule has 0 unspecified atom stereocenters. The maximum atomic E-state index is 12.2. The fourth-order valence-corrected chi connectivity index (χ4v) is 2.44. The van der Waals surface area contributed by atoms with Crippen molar-refractivity contribution in [2.75, 3.05) is 26.5 Å². The van der Waals surface area contributed by atoms with Crippen molar-refractivity contribution in [2.24, 2.45) is 0 Å². The van der Waals surface area contributed by atoms with E-state index in [1.807, 2.05) is 12.1 Å². The summed E-state index contributed by atoms with van der Waals surface area (Å²) in [6.07, 6.45) is 2.49. The molecule has 0 radical (unpaired) electrons. The Kier molecular flexibility index (Phi) is 5.35. The Balaban J connectivity index is 2.06. The highest BCUT2D eigenvalue weighted by Gasteiger charge is 2.15. The first kappa shape index (κ1) is 17.0. The molecule has 0 atom stereocenters. The van der Waals surface area contributed by atoms with Crippen LogP contribution in [0, 0.1) is 0 Å². The second-order valence-electron chi connectivity index (χ2n) is 4.81. The van der Waals surface area contributed by atoms with Gasteiger partial charge in [0.2, 0.25) is 10.0 Å². The number of carbonyl (C=O) groups excluding carboxylic acids is 1. The Morgan fingerprint density at radius 1 is 1.35 bits per heavy atom. The molecule has 0 aliphatic rings. The number of carbonyl (C=O) groups is 1. The van der Waals surface area contributed by atoms with Crippen LogP contribution in [0.2, 0.25) is 0 Å². The molecule has 0 aliphatic carbocycles. The van der Waals surface area contributed by atoms with E-state index in [2.05, 4.69) is 20.2 Å². The molecule has 1 aromatic heterocycles. The molecule has 1 heterocycles. The number of ether oxygens (including phenoxy) is 1. The van der Waals surface area contributed by atoms with Crippen LogP contribution in [0.5, 0.6) is 5.75 Å². The molecule has 1 amide bonds. The standard InChI is InChI=1S/C14H18N4O4S/c1-22-11-5-3-4-10(8-11)13-12(9-16-18-13)14(19)15-6-7-17-23(2,20)21/h3-5,8-9,17H,6-7H2,1-2H3,(H,15,19)(H,16,18). The van der Waals surface area contributed by atoms with Gasteiger partial charge in [-0.25, -0.2) is 13.1 Å². The van der Waals surface area contributed by atoms with Crippen LogP contribution < -0.4 is 14.8 Å². The van der Waals surface area contributed by atoms with Gasteiger partial charge in [0.25, 0.3) is 5.91 Å². The molecule has 0 saturated carbocycles. The molecule has 124 valence electrons. The van der Waals surface area contributed by atoms with E-state index in [1.54, 1.807) is 19.2 Å². The van der Waals surface area contributed by atoms with Crippen LogP contribution in [0.15, 0.2) is 30.5 Å². The molecular weight excluding hydrogens is 320 g/mol. The molecule has 0 fully saturated rings. The van der Waals surface area contributed by atoms with E-state index in [0.29, 0.717) is 17.0 Å². The third kappa shape index (κ3) is 4.80. The maximum absolute atomic E-state index is 12.2. The summed E-state index contributed by atoms with van der Waals surface area (Å²) in [7, 11) is -1.70. The van der Waals surface area contributed by atoms with E-state index >= 15 is 0 Å². The molecule has 23 heavy (non-hydrogen) atoms. The van der Waals surface area contributed by atoms with Crippen LogP contribution in [0.1, 0.15) is 10.4 Å². The largest absolute Gasteiger partial charge is 0.497 e. The molecule has 8 nitrogen and oxygen atoms in total. The first-order valence-electron chi connectivity index (χ1n) is 6.81. The van der Waals surface area contributed by atoms with Crippen molar-refractivity contribution in [3.8, 4) is 17.0 Å². The maximum Gasteiger partial charge on any atom is 0.255 e. The number of sulfonamides is 1. The van der Waals surface area contributed by atoms with Crippen LogP contribution in [0.4, 0.5) is 0 Å². The van der Waals surface area contributed by atoms with Crippen LogP contribution in [0.25, 0.3) is 11.3 Å². The molecule has 0 saturated heterocycles. The van der Waals surface area contributed by atoms with Gasteiger partial charge in [-0.15, -0.1) is 0 Å². The normalized spacial score (nSPS) is 11.2. The van der Waals surface area contributed by atoms with Crippen molar-refractivity contribution in [3.63, 3.8) is 0 Å². The van der Waals surface area contributed by atoms with Gasteiger partial charge in [0, 0.05) is 18.7 Å². The van der Waals surface area contributed by atoms with Crippen LogP contribution >= 0.6 is 0 Å². The fourth-order valence-electron chi connectivity index (χ4n) is 1.96. The van der Waals surface area contributed by atoms with E-state index in [9.17, 15) is 13.2 Å². The number of hydrogen-bond acceptors (Lipinski definition) is 5. The molecule has 0 aliphatic heterocycles. The SMILES string of the molecule is COc1cccc(-c2[nH]ncc2C(=O)NCCNS(C)(=O)=O)c1. The number of methoxy groups -OCH3 is 1. The summed E-state index contributed by atoms with van der Waals surface area (Å²) in [5.74, 6) is 0.327. The zero-order valence-electron chi connectivity index (χ0n) is 12.8. The minimum Gasteiger partial charge on any atom is -0.497 e.